The van der Waals surface area contributed by atoms with Gasteiger partial charge in [0, 0.05) is 55.9 Å². The van der Waals surface area contributed by atoms with Crippen LogP contribution in [0.15, 0.2) is 36.4 Å². The molecule has 2 heterocycles. The Morgan fingerprint density at radius 3 is 2.29 bits per heavy atom. The Labute approximate surface area is 187 Å². The van der Waals surface area contributed by atoms with Crippen molar-refractivity contribution in [3.05, 3.63) is 53.5 Å². The van der Waals surface area contributed by atoms with Crippen LogP contribution in [0.3, 0.4) is 0 Å². The molecule has 2 aromatic rings. The number of carbonyl (C=O) groups excluding carboxylic acids is 1. The van der Waals surface area contributed by atoms with Gasteiger partial charge in [-0.15, -0.1) is 0 Å². The molecule has 3 rings (SSSR count). The quantitative estimate of drug-likeness (QED) is 0.706. The summed E-state index contributed by atoms with van der Waals surface area (Å²) < 4.78 is 0. The van der Waals surface area contributed by atoms with Crippen molar-refractivity contribution in [2.24, 2.45) is 0 Å². The van der Waals surface area contributed by atoms with Crippen LogP contribution in [-0.2, 0) is 11.3 Å². The summed E-state index contributed by atoms with van der Waals surface area (Å²) in [6, 6.07) is 12.3. The number of anilines is 1. The molecule has 1 aliphatic heterocycles. The Kier molecular flexibility index (Phi) is 7.31. The van der Waals surface area contributed by atoms with Crippen LogP contribution in [0, 0.1) is 6.92 Å². The third-order valence-corrected chi connectivity index (χ3v) is 5.72. The Hall–Kier alpha value is -2.47. The molecule has 168 valence electrons. The lowest BCUT2D eigenvalue weighted by Crippen LogP contribution is -2.53. The van der Waals surface area contributed by atoms with Crippen LogP contribution < -0.4 is 4.90 Å². The smallest absolute Gasteiger partial charge is 0.237 e. The largest absolute Gasteiger partial charge is 0.354 e. The molecule has 6 heteroatoms. The molecule has 1 fully saturated rings. The van der Waals surface area contributed by atoms with Gasteiger partial charge < -0.3 is 9.80 Å². The van der Waals surface area contributed by atoms with Gasteiger partial charge >= 0.3 is 0 Å². The number of piperazine rings is 1. The molecule has 0 aliphatic carbocycles. The summed E-state index contributed by atoms with van der Waals surface area (Å²) in [5.41, 5.74) is 1.95. The van der Waals surface area contributed by atoms with E-state index in [4.69, 9.17) is 4.98 Å². The first-order valence-electron chi connectivity index (χ1n) is 11.3. The zero-order valence-electron chi connectivity index (χ0n) is 19.9. The Balaban J connectivity index is 1.61. The maximum absolute atomic E-state index is 13.2. The molecule has 1 saturated heterocycles. The highest BCUT2D eigenvalue weighted by Gasteiger charge is 2.29. The molecule has 1 aliphatic rings. The first-order valence-corrected chi connectivity index (χ1v) is 11.3. The molecule has 0 unspecified atom stereocenters. The van der Waals surface area contributed by atoms with Crippen molar-refractivity contribution >= 4 is 11.7 Å². The van der Waals surface area contributed by atoms with Gasteiger partial charge in [0.1, 0.15) is 11.6 Å². The second kappa shape index (κ2) is 9.77. The summed E-state index contributed by atoms with van der Waals surface area (Å²) in [7, 11) is 0. The molecule has 6 nitrogen and oxygen atoms in total. The predicted molar refractivity (Wildman–Crippen MR) is 126 cm³/mol. The van der Waals surface area contributed by atoms with Crippen molar-refractivity contribution in [2.45, 2.75) is 59.5 Å². The SMILES string of the molecule is Cc1cc(N2CCN(CC(=O)N(Cc3ccccc3)C(C)(C)C)CC2)nc(C(C)C)n1. The number of hydrogen-bond donors (Lipinski definition) is 0. The van der Waals surface area contributed by atoms with Gasteiger partial charge in [0.2, 0.25) is 5.91 Å². The molecule has 0 saturated carbocycles. The van der Waals surface area contributed by atoms with Gasteiger partial charge in [0.15, 0.2) is 0 Å². The second-order valence-electron chi connectivity index (χ2n) is 9.78. The summed E-state index contributed by atoms with van der Waals surface area (Å²) >= 11 is 0. The third kappa shape index (κ3) is 6.26. The molecule has 0 atom stereocenters. The lowest BCUT2D eigenvalue weighted by molar-refractivity contribution is -0.138. The predicted octanol–water partition coefficient (Wildman–Crippen LogP) is 3.86. The first kappa shape index (κ1) is 23.2. The van der Waals surface area contributed by atoms with E-state index in [2.05, 4.69) is 67.6 Å². The lowest BCUT2D eigenvalue weighted by atomic mass is 10.0. The van der Waals surface area contributed by atoms with Gasteiger partial charge in [-0.1, -0.05) is 44.2 Å². The maximum atomic E-state index is 13.2. The lowest BCUT2D eigenvalue weighted by Gasteiger charge is -2.39. The van der Waals surface area contributed by atoms with Gasteiger partial charge in [0.05, 0.1) is 6.54 Å². The highest BCUT2D eigenvalue weighted by Crippen LogP contribution is 2.20. The normalized spacial score (nSPS) is 15.4. The number of carbonyl (C=O) groups is 1. The minimum Gasteiger partial charge on any atom is -0.354 e. The highest BCUT2D eigenvalue weighted by atomic mass is 16.2. The Morgan fingerprint density at radius 1 is 1.06 bits per heavy atom. The summed E-state index contributed by atoms with van der Waals surface area (Å²) in [6.07, 6.45) is 0. The van der Waals surface area contributed by atoms with Crippen LogP contribution in [0.1, 0.15) is 57.6 Å². The molecule has 1 aromatic carbocycles. The van der Waals surface area contributed by atoms with Crippen molar-refractivity contribution in [1.29, 1.82) is 0 Å². The van der Waals surface area contributed by atoms with E-state index in [0.29, 0.717) is 19.0 Å². The molecule has 1 amide bonds. The fourth-order valence-corrected chi connectivity index (χ4v) is 3.87. The van der Waals surface area contributed by atoms with E-state index in [-0.39, 0.29) is 11.4 Å². The van der Waals surface area contributed by atoms with Crippen LogP contribution in [0.25, 0.3) is 0 Å². The van der Waals surface area contributed by atoms with E-state index in [0.717, 1.165) is 49.1 Å². The van der Waals surface area contributed by atoms with Crippen molar-refractivity contribution in [1.82, 2.24) is 19.8 Å². The van der Waals surface area contributed by atoms with Crippen molar-refractivity contribution in [3.63, 3.8) is 0 Å². The van der Waals surface area contributed by atoms with E-state index in [1.165, 1.54) is 0 Å². The summed E-state index contributed by atoms with van der Waals surface area (Å²) in [5, 5.41) is 0. The zero-order chi connectivity index (χ0) is 22.6. The highest BCUT2D eigenvalue weighted by molar-refractivity contribution is 5.79. The van der Waals surface area contributed by atoms with Crippen molar-refractivity contribution in [2.75, 3.05) is 37.6 Å². The van der Waals surface area contributed by atoms with Crippen LogP contribution in [0.5, 0.6) is 0 Å². The topological polar surface area (TPSA) is 52.6 Å². The average molecular weight is 424 g/mol. The fraction of sp³-hybridized carbons (Fsp3) is 0.560. The van der Waals surface area contributed by atoms with Gasteiger partial charge in [0.25, 0.3) is 0 Å². The van der Waals surface area contributed by atoms with Crippen molar-refractivity contribution in [3.8, 4) is 0 Å². The Bertz CT molecular complexity index is 867. The second-order valence-corrected chi connectivity index (χ2v) is 9.78. The van der Waals surface area contributed by atoms with Gasteiger partial charge in [-0.25, -0.2) is 9.97 Å². The third-order valence-electron chi connectivity index (χ3n) is 5.72. The number of nitrogens with zero attached hydrogens (tertiary/aromatic N) is 5. The molecule has 0 spiro atoms. The number of benzene rings is 1. The van der Waals surface area contributed by atoms with Gasteiger partial charge in [-0.05, 0) is 33.3 Å². The van der Waals surface area contributed by atoms with Crippen LogP contribution in [0.2, 0.25) is 0 Å². The van der Waals surface area contributed by atoms with Crippen LogP contribution in [0.4, 0.5) is 5.82 Å². The van der Waals surface area contributed by atoms with E-state index in [9.17, 15) is 4.79 Å². The van der Waals surface area contributed by atoms with E-state index < -0.39 is 0 Å². The zero-order valence-corrected chi connectivity index (χ0v) is 19.9. The molecule has 31 heavy (non-hydrogen) atoms. The molecule has 1 aromatic heterocycles. The van der Waals surface area contributed by atoms with E-state index in [1.54, 1.807) is 0 Å². The van der Waals surface area contributed by atoms with Crippen LogP contribution in [-0.4, -0.2) is 63.9 Å². The first-order chi connectivity index (χ1) is 14.6. The monoisotopic (exact) mass is 423 g/mol. The van der Waals surface area contributed by atoms with Crippen molar-refractivity contribution < 1.29 is 4.79 Å². The average Bonchev–Trinajstić information content (AvgIpc) is 2.72. The molecular weight excluding hydrogens is 386 g/mol. The van der Waals surface area contributed by atoms with Crippen LogP contribution >= 0.6 is 0 Å². The number of amides is 1. The molecule has 0 bridgehead atoms. The van der Waals surface area contributed by atoms with Gasteiger partial charge in [-0.2, -0.15) is 0 Å². The summed E-state index contributed by atoms with van der Waals surface area (Å²) in [4.78, 5) is 29.1. The standard InChI is InChI=1S/C25H37N5O/c1-19(2)24-26-20(3)16-22(27-24)29-14-12-28(13-15-29)18-23(31)30(25(4,5)6)17-21-10-8-7-9-11-21/h7-11,16,19H,12-15,17-18H2,1-6H3. The number of hydrogen-bond acceptors (Lipinski definition) is 5. The van der Waals surface area contributed by atoms with E-state index >= 15 is 0 Å². The molecule has 0 N–H and O–H groups in total. The minimum absolute atomic E-state index is 0.185. The fourth-order valence-electron chi connectivity index (χ4n) is 3.87. The minimum atomic E-state index is -0.222. The van der Waals surface area contributed by atoms with Gasteiger partial charge in [-0.3, -0.25) is 9.69 Å². The molecular formula is C25H37N5O. The molecule has 0 radical (unpaired) electrons. The number of aromatic nitrogens is 2. The van der Waals surface area contributed by atoms with E-state index in [1.807, 2.05) is 30.0 Å². The summed E-state index contributed by atoms with van der Waals surface area (Å²) in [6.45, 7) is 17.1. The maximum Gasteiger partial charge on any atom is 0.237 e. The Morgan fingerprint density at radius 2 is 1.71 bits per heavy atom. The number of rotatable bonds is 6. The number of aryl methyl sites for hydroxylation is 1. The summed E-state index contributed by atoms with van der Waals surface area (Å²) in [5.74, 6) is 2.40.